The van der Waals surface area contributed by atoms with Crippen LogP contribution in [0.3, 0.4) is 0 Å². The smallest absolute Gasteiger partial charge is 0.165 e. The molecule has 0 spiro atoms. The van der Waals surface area contributed by atoms with Crippen molar-refractivity contribution in [2.24, 2.45) is 0 Å². The van der Waals surface area contributed by atoms with E-state index in [1.165, 1.54) is 5.56 Å². The molecule has 0 saturated carbocycles. The Bertz CT molecular complexity index is 218. The maximum Gasteiger partial charge on any atom is 0.165 e. The fraction of sp³-hybridized carbons (Fsp3) is 0.333. The predicted octanol–water partition coefficient (Wildman–Crippen LogP) is 1.59. The van der Waals surface area contributed by atoms with Crippen molar-refractivity contribution in [3.63, 3.8) is 0 Å². The van der Waals surface area contributed by atoms with E-state index in [4.69, 9.17) is 11.8 Å². The van der Waals surface area contributed by atoms with Gasteiger partial charge in [-0.05, 0) is 0 Å². The molecule has 12 heavy (non-hydrogen) atoms. The lowest BCUT2D eigenvalue weighted by Gasteiger charge is -2.17. The van der Waals surface area contributed by atoms with Crippen LogP contribution in [0.4, 0.5) is 0 Å². The van der Waals surface area contributed by atoms with E-state index in [2.05, 4.69) is 12.1 Å². The fourth-order valence-electron chi connectivity index (χ4n) is 1.02. The lowest BCUT2D eigenvalue weighted by molar-refractivity contribution is -0.786. The Morgan fingerprint density at radius 1 is 1.17 bits per heavy atom. The largest absolute Gasteiger partial charge is 0.412 e. The topological polar surface area (TPSA) is 31.5 Å². The van der Waals surface area contributed by atoms with Gasteiger partial charge in [-0.1, -0.05) is 30.3 Å². The Morgan fingerprint density at radius 3 is 2.08 bits per heavy atom. The molecule has 0 atom stereocenters. The number of nitrogens with zero attached hydrogens (tertiary/aromatic N) is 1. The van der Waals surface area contributed by atoms with Crippen LogP contribution in [0, 0.1) is 0 Å². The van der Waals surface area contributed by atoms with Crippen molar-refractivity contribution >= 4 is 11.8 Å². The van der Waals surface area contributed by atoms with Gasteiger partial charge in [0.2, 0.25) is 0 Å². The first-order chi connectivity index (χ1) is 5.08. The second-order valence-electron chi connectivity index (χ2n) is 3.18. The molecule has 0 aliphatic rings. The van der Waals surface area contributed by atoms with Crippen LogP contribution in [0.15, 0.2) is 30.3 Å². The summed E-state index contributed by atoms with van der Waals surface area (Å²) in [7, 11) is 3.93. The minimum atomic E-state index is 0. The average Bonchev–Trinajstić information content (AvgIpc) is 1.85. The quantitative estimate of drug-likeness (QED) is 0.632. The van der Waals surface area contributed by atoms with Gasteiger partial charge in [0.05, 0.1) is 14.1 Å². The zero-order valence-corrected chi connectivity index (χ0v) is 8.17. The number of halogens is 1. The zero-order chi connectivity index (χ0) is 8.32. The third-order valence-corrected chi connectivity index (χ3v) is 1.52. The van der Waals surface area contributed by atoms with Gasteiger partial charge < -0.3 is 5.48 Å². The van der Waals surface area contributed by atoms with E-state index in [-0.39, 0.29) is 5.48 Å². The summed E-state index contributed by atoms with van der Waals surface area (Å²) in [5.74, 6) is 0. The first-order valence-electron chi connectivity index (χ1n) is 3.64. The number of rotatable bonds is 2. The lowest BCUT2D eigenvalue weighted by atomic mass is 10.2. The fourth-order valence-corrected chi connectivity index (χ4v) is 1.16. The highest BCUT2D eigenvalue weighted by molar-refractivity contribution is 6.06. The molecular formula is C9H15ClNO+. The molecule has 0 radical (unpaired) electrons. The standard InChI is InChI=1S/C9H13ClN.H2O/c1-11(2,10)8-9-6-4-3-5-7-9;/h3-7H,8H2,1-2H3;1H2/q+1;. The molecule has 0 saturated heterocycles. The van der Waals surface area contributed by atoms with Crippen molar-refractivity contribution in [1.82, 2.24) is 0 Å². The third kappa shape index (κ3) is 4.34. The van der Waals surface area contributed by atoms with E-state index < -0.39 is 0 Å². The van der Waals surface area contributed by atoms with Crippen molar-refractivity contribution in [3.8, 4) is 0 Å². The van der Waals surface area contributed by atoms with Crippen LogP contribution in [0.25, 0.3) is 0 Å². The number of hydrogen-bond donors (Lipinski definition) is 0. The molecule has 1 aromatic rings. The van der Waals surface area contributed by atoms with Gasteiger partial charge in [-0.3, -0.25) is 0 Å². The van der Waals surface area contributed by atoms with E-state index in [1.54, 1.807) is 0 Å². The maximum absolute atomic E-state index is 6.01. The van der Waals surface area contributed by atoms with Gasteiger partial charge in [0, 0.05) is 5.56 Å². The molecule has 0 fully saturated rings. The first-order valence-corrected chi connectivity index (χ1v) is 3.98. The van der Waals surface area contributed by atoms with E-state index >= 15 is 0 Å². The van der Waals surface area contributed by atoms with Crippen LogP contribution in [0.1, 0.15) is 5.56 Å². The molecule has 3 heteroatoms. The molecule has 2 nitrogen and oxygen atoms in total. The number of quaternary nitrogens is 1. The summed E-state index contributed by atoms with van der Waals surface area (Å²) in [5, 5.41) is 0. The Morgan fingerprint density at radius 2 is 1.67 bits per heavy atom. The molecule has 0 heterocycles. The highest BCUT2D eigenvalue weighted by Gasteiger charge is 2.11. The van der Waals surface area contributed by atoms with Crippen LogP contribution in [-0.2, 0) is 6.54 Å². The first kappa shape index (κ1) is 11.4. The van der Waals surface area contributed by atoms with Gasteiger partial charge in [0.1, 0.15) is 6.54 Å². The second kappa shape index (κ2) is 4.45. The lowest BCUT2D eigenvalue weighted by Crippen LogP contribution is -2.26. The molecule has 1 rings (SSSR count). The Hall–Kier alpha value is -0.570. The van der Waals surface area contributed by atoms with Gasteiger partial charge in [-0.25, -0.2) is 4.00 Å². The van der Waals surface area contributed by atoms with Crippen molar-refractivity contribution in [2.75, 3.05) is 14.1 Å². The summed E-state index contributed by atoms with van der Waals surface area (Å²) in [6.07, 6.45) is 0. The van der Waals surface area contributed by atoms with Gasteiger partial charge >= 0.3 is 0 Å². The normalized spacial score (nSPS) is 10.6. The van der Waals surface area contributed by atoms with Gasteiger partial charge in [0.15, 0.2) is 11.8 Å². The van der Waals surface area contributed by atoms with Gasteiger partial charge in [-0.15, -0.1) is 0 Å². The van der Waals surface area contributed by atoms with Crippen molar-refractivity contribution in [2.45, 2.75) is 6.54 Å². The summed E-state index contributed by atoms with van der Waals surface area (Å²) < 4.78 is 0.462. The van der Waals surface area contributed by atoms with Crippen LogP contribution < -0.4 is 0 Å². The molecule has 1 aromatic carbocycles. The average molecular weight is 189 g/mol. The summed E-state index contributed by atoms with van der Waals surface area (Å²) in [4.78, 5) is 0. The van der Waals surface area contributed by atoms with Crippen LogP contribution >= 0.6 is 11.8 Å². The highest BCUT2D eigenvalue weighted by Crippen LogP contribution is 2.10. The minimum absolute atomic E-state index is 0. The third-order valence-electron chi connectivity index (χ3n) is 1.40. The molecule has 0 aromatic heterocycles. The van der Waals surface area contributed by atoms with Crippen molar-refractivity contribution in [1.29, 1.82) is 0 Å². The van der Waals surface area contributed by atoms with Gasteiger partial charge in [-0.2, -0.15) is 0 Å². The van der Waals surface area contributed by atoms with Crippen LogP contribution in [0.5, 0.6) is 0 Å². The summed E-state index contributed by atoms with van der Waals surface area (Å²) in [6, 6.07) is 10.2. The van der Waals surface area contributed by atoms with Crippen molar-refractivity contribution < 1.29 is 9.48 Å². The molecule has 0 unspecified atom stereocenters. The van der Waals surface area contributed by atoms with Gasteiger partial charge in [0.25, 0.3) is 0 Å². The maximum atomic E-state index is 6.01. The molecule has 0 amide bonds. The van der Waals surface area contributed by atoms with E-state index in [0.717, 1.165) is 6.54 Å². The molecule has 68 valence electrons. The van der Waals surface area contributed by atoms with E-state index in [9.17, 15) is 0 Å². The monoisotopic (exact) mass is 188 g/mol. The van der Waals surface area contributed by atoms with Crippen LogP contribution in [0.2, 0.25) is 0 Å². The minimum Gasteiger partial charge on any atom is -0.412 e. The highest BCUT2D eigenvalue weighted by atomic mass is 35.5. The molecular weight excluding hydrogens is 174 g/mol. The van der Waals surface area contributed by atoms with Crippen LogP contribution in [-0.4, -0.2) is 23.6 Å². The molecule has 0 aliphatic carbocycles. The Balaban J connectivity index is 0.00000121. The SMILES string of the molecule is C[N+](C)(Cl)Cc1ccccc1.O. The predicted molar refractivity (Wildman–Crippen MR) is 51.7 cm³/mol. The summed E-state index contributed by atoms with van der Waals surface area (Å²) in [5.41, 5.74) is 1.27. The second-order valence-corrected chi connectivity index (χ2v) is 4.10. The van der Waals surface area contributed by atoms with E-state index in [1.807, 2.05) is 32.3 Å². The Labute approximate surface area is 78.4 Å². The summed E-state index contributed by atoms with van der Waals surface area (Å²) >= 11 is 6.01. The molecule has 0 bridgehead atoms. The summed E-state index contributed by atoms with van der Waals surface area (Å²) in [6.45, 7) is 0.863. The number of hydrogen-bond acceptors (Lipinski definition) is 0. The Kier molecular flexibility index (Phi) is 4.24. The molecule has 2 N–H and O–H groups in total. The molecule has 0 aliphatic heterocycles. The van der Waals surface area contributed by atoms with E-state index in [0.29, 0.717) is 4.00 Å². The number of benzene rings is 1. The zero-order valence-electron chi connectivity index (χ0n) is 7.42. The van der Waals surface area contributed by atoms with Crippen molar-refractivity contribution in [3.05, 3.63) is 35.9 Å².